The second kappa shape index (κ2) is 1.73. The fourth-order valence-electron chi connectivity index (χ4n) is 1.06. The van der Waals surface area contributed by atoms with Gasteiger partial charge in [0.25, 0.3) is 0 Å². The summed E-state index contributed by atoms with van der Waals surface area (Å²) in [6.07, 6.45) is 2.03. The molecule has 0 unspecified atom stereocenters. The maximum atomic E-state index is 8.35. The molecule has 0 aromatic rings. The van der Waals surface area contributed by atoms with Crippen LogP contribution in [-0.4, -0.2) is 4.32 Å². The lowest BCUT2D eigenvalue weighted by atomic mass is 9.77. The minimum atomic E-state index is 0.285. The average molecular weight is 174 g/mol. The van der Waals surface area contributed by atoms with Crippen molar-refractivity contribution in [3.63, 3.8) is 0 Å². The molecule has 0 N–H and O–H groups in total. The molecule has 1 aliphatic rings. The Kier molecular flexibility index (Phi) is 1.32. The molecule has 0 aromatic carbocycles. The molecule has 1 nitrogen and oxygen atoms in total. The third-order valence-electron chi connectivity index (χ3n) is 1.53. The maximum Gasteiger partial charge on any atom is 0.0656 e. The van der Waals surface area contributed by atoms with Crippen LogP contribution in [0.25, 0.3) is 0 Å². The topological polar surface area (TPSA) is 23.8 Å². The van der Waals surface area contributed by atoms with Gasteiger partial charge in [-0.1, -0.05) is 15.9 Å². The maximum absolute atomic E-state index is 8.35. The van der Waals surface area contributed by atoms with Crippen LogP contribution in [0.2, 0.25) is 0 Å². The third kappa shape index (κ3) is 1.03. The van der Waals surface area contributed by atoms with Crippen molar-refractivity contribution < 1.29 is 0 Å². The largest absolute Gasteiger partial charge is 0.198 e. The van der Waals surface area contributed by atoms with E-state index in [4.69, 9.17) is 5.26 Å². The second-order valence-corrected chi connectivity index (χ2v) is 4.56. The fourth-order valence-corrected chi connectivity index (χ4v) is 1.84. The molecular weight excluding hydrogens is 166 g/mol. The molecule has 0 aromatic heterocycles. The van der Waals surface area contributed by atoms with E-state index in [-0.39, 0.29) is 4.32 Å². The van der Waals surface area contributed by atoms with Crippen LogP contribution in [0.3, 0.4) is 0 Å². The summed E-state index contributed by atoms with van der Waals surface area (Å²) < 4.78 is 0.285. The number of rotatable bonds is 0. The number of alkyl halides is 1. The van der Waals surface area contributed by atoms with Gasteiger partial charge in [-0.15, -0.1) is 0 Å². The van der Waals surface area contributed by atoms with Crippen molar-refractivity contribution >= 4 is 15.9 Å². The molecule has 0 amide bonds. The molecule has 0 radical (unpaired) electrons. The number of halogens is 1. The standard InChI is InChI=1S/C6H8BrN/c1-6(7)2-5(3-6)4-8/h5H,2-3H2,1H3. The molecule has 1 saturated carbocycles. The van der Waals surface area contributed by atoms with Gasteiger partial charge in [-0.2, -0.15) is 5.26 Å². The first-order chi connectivity index (χ1) is 3.64. The van der Waals surface area contributed by atoms with E-state index in [2.05, 4.69) is 28.9 Å². The van der Waals surface area contributed by atoms with E-state index in [1.54, 1.807) is 0 Å². The molecule has 0 saturated heterocycles. The van der Waals surface area contributed by atoms with Crippen LogP contribution in [0, 0.1) is 17.2 Å². The molecule has 8 heavy (non-hydrogen) atoms. The van der Waals surface area contributed by atoms with Gasteiger partial charge in [0.1, 0.15) is 0 Å². The monoisotopic (exact) mass is 173 g/mol. The second-order valence-electron chi connectivity index (χ2n) is 2.65. The molecule has 1 aliphatic carbocycles. The smallest absolute Gasteiger partial charge is 0.0656 e. The summed E-state index contributed by atoms with van der Waals surface area (Å²) >= 11 is 3.49. The highest BCUT2D eigenvalue weighted by molar-refractivity contribution is 9.10. The first-order valence-electron chi connectivity index (χ1n) is 2.72. The van der Waals surface area contributed by atoms with E-state index < -0.39 is 0 Å². The first kappa shape index (κ1) is 6.10. The lowest BCUT2D eigenvalue weighted by molar-refractivity contribution is 0.318. The average Bonchev–Trinajstić information content (AvgIpc) is 1.60. The van der Waals surface area contributed by atoms with Crippen molar-refractivity contribution in [3.8, 4) is 6.07 Å². The molecule has 44 valence electrons. The summed E-state index contributed by atoms with van der Waals surface area (Å²) in [6.45, 7) is 2.13. The zero-order valence-corrected chi connectivity index (χ0v) is 6.40. The van der Waals surface area contributed by atoms with E-state index in [1.807, 2.05) is 0 Å². The Labute approximate surface area is 57.8 Å². The van der Waals surface area contributed by atoms with E-state index in [1.165, 1.54) is 0 Å². The van der Waals surface area contributed by atoms with Gasteiger partial charge in [0.15, 0.2) is 0 Å². The zero-order valence-electron chi connectivity index (χ0n) is 4.82. The van der Waals surface area contributed by atoms with Gasteiger partial charge >= 0.3 is 0 Å². The summed E-state index contributed by atoms with van der Waals surface area (Å²) in [5, 5.41) is 8.35. The highest BCUT2D eigenvalue weighted by atomic mass is 79.9. The summed E-state index contributed by atoms with van der Waals surface area (Å²) in [4.78, 5) is 0. The number of nitriles is 1. The molecule has 0 atom stereocenters. The zero-order chi connectivity index (χ0) is 6.20. The van der Waals surface area contributed by atoms with Gasteiger partial charge in [-0.3, -0.25) is 0 Å². The lowest BCUT2D eigenvalue weighted by Gasteiger charge is -2.36. The van der Waals surface area contributed by atoms with E-state index in [9.17, 15) is 0 Å². The minimum Gasteiger partial charge on any atom is -0.198 e. The van der Waals surface area contributed by atoms with Crippen LogP contribution < -0.4 is 0 Å². The SMILES string of the molecule is CC1(Br)CC(C#N)C1. The number of hydrogen-bond donors (Lipinski definition) is 0. The van der Waals surface area contributed by atoms with Crippen molar-refractivity contribution in [2.75, 3.05) is 0 Å². The number of hydrogen-bond acceptors (Lipinski definition) is 1. The quantitative estimate of drug-likeness (QED) is 0.515. The predicted octanol–water partition coefficient (Wildman–Crippen LogP) is 2.07. The van der Waals surface area contributed by atoms with Crippen LogP contribution in [0.5, 0.6) is 0 Å². The normalized spacial score (nSPS) is 44.9. The summed E-state index contributed by atoms with van der Waals surface area (Å²) in [6, 6.07) is 2.23. The van der Waals surface area contributed by atoms with Crippen molar-refractivity contribution in [1.29, 1.82) is 5.26 Å². The highest BCUT2D eigenvalue weighted by Crippen LogP contribution is 2.43. The van der Waals surface area contributed by atoms with E-state index >= 15 is 0 Å². The van der Waals surface area contributed by atoms with E-state index in [0.717, 1.165) is 12.8 Å². The third-order valence-corrected chi connectivity index (χ3v) is 2.17. The lowest BCUT2D eigenvalue weighted by Crippen LogP contribution is -2.33. The van der Waals surface area contributed by atoms with Crippen molar-refractivity contribution in [1.82, 2.24) is 0 Å². The van der Waals surface area contributed by atoms with Gasteiger partial charge < -0.3 is 0 Å². The Morgan fingerprint density at radius 1 is 1.75 bits per heavy atom. The molecule has 2 heteroatoms. The summed E-state index contributed by atoms with van der Waals surface area (Å²) in [5.74, 6) is 0.319. The Bertz CT molecular complexity index is 126. The molecule has 1 fully saturated rings. The number of nitrogens with zero attached hydrogens (tertiary/aromatic N) is 1. The molecule has 0 spiro atoms. The Balaban J connectivity index is 2.34. The predicted molar refractivity (Wildman–Crippen MR) is 35.7 cm³/mol. The van der Waals surface area contributed by atoms with Crippen LogP contribution in [0.1, 0.15) is 19.8 Å². The molecule has 0 bridgehead atoms. The molecule has 0 heterocycles. The van der Waals surface area contributed by atoms with Crippen molar-refractivity contribution in [2.45, 2.75) is 24.1 Å². The van der Waals surface area contributed by atoms with Crippen LogP contribution in [0.4, 0.5) is 0 Å². The minimum absolute atomic E-state index is 0.285. The molecule has 0 aliphatic heterocycles. The van der Waals surface area contributed by atoms with Crippen molar-refractivity contribution in [2.24, 2.45) is 5.92 Å². The van der Waals surface area contributed by atoms with Crippen LogP contribution in [0.15, 0.2) is 0 Å². The molecule has 1 rings (SSSR count). The summed E-state index contributed by atoms with van der Waals surface area (Å²) in [7, 11) is 0. The van der Waals surface area contributed by atoms with Gasteiger partial charge in [0, 0.05) is 10.2 Å². The first-order valence-corrected chi connectivity index (χ1v) is 3.52. The van der Waals surface area contributed by atoms with Gasteiger partial charge in [0.2, 0.25) is 0 Å². The Morgan fingerprint density at radius 2 is 2.25 bits per heavy atom. The fraction of sp³-hybridized carbons (Fsp3) is 0.833. The van der Waals surface area contributed by atoms with Gasteiger partial charge in [-0.05, 0) is 19.8 Å². The Morgan fingerprint density at radius 3 is 2.38 bits per heavy atom. The van der Waals surface area contributed by atoms with Crippen LogP contribution >= 0.6 is 15.9 Å². The molecular formula is C6H8BrN. The van der Waals surface area contributed by atoms with Crippen LogP contribution in [-0.2, 0) is 0 Å². The summed E-state index contributed by atoms with van der Waals surface area (Å²) in [5.41, 5.74) is 0. The van der Waals surface area contributed by atoms with Gasteiger partial charge in [-0.25, -0.2) is 0 Å². The Hall–Kier alpha value is -0.0300. The van der Waals surface area contributed by atoms with Crippen molar-refractivity contribution in [3.05, 3.63) is 0 Å². The van der Waals surface area contributed by atoms with Gasteiger partial charge in [0.05, 0.1) is 6.07 Å². The van der Waals surface area contributed by atoms with E-state index in [0.29, 0.717) is 5.92 Å². The highest BCUT2D eigenvalue weighted by Gasteiger charge is 2.37.